The van der Waals surface area contributed by atoms with Gasteiger partial charge >= 0.3 is 0 Å². The first-order chi connectivity index (χ1) is 8.48. The predicted octanol–water partition coefficient (Wildman–Crippen LogP) is 2.27. The molecule has 2 unspecified atom stereocenters. The fourth-order valence-electron chi connectivity index (χ4n) is 3.25. The molecular formula is C15H28N2O. The number of hydrogen-bond donors (Lipinski definition) is 1. The molecule has 2 aliphatic rings. The second-order valence-electron chi connectivity index (χ2n) is 7.04. The van der Waals surface area contributed by atoms with E-state index in [2.05, 4.69) is 31.0 Å². The second-order valence-corrected chi connectivity index (χ2v) is 7.04. The fourth-order valence-corrected chi connectivity index (χ4v) is 3.25. The average molecular weight is 252 g/mol. The van der Waals surface area contributed by atoms with Crippen LogP contribution in [0.5, 0.6) is 0 Å². The smallest absolute Gasteiger partial charge is 0.226 e. The van der Waals surface area contributed by atoms with Gasteiger partial charge in [-0.3, -0.25) is 4.79 Å². The highest BCUT2D eigenvalue weighted by Gasteiger charge is 2.31. The lowest BCUT2D eigenvalue weighted by Gasteiger charge is -2.31. The topological polar surface area (TPSA) is 32.3 Å². The summed E-state index contributed by atoms with van der Waals surface area (Å²) in [5, 5.41) is 3.39. The second kappa shape index (κ2) is 5.60. The molecule has 18 heavy (non-hydrogen) atoms. The Morgan fingerprint density at radius 3 is 2.72 bits per heavy atom. The molecule has 2 heterocycles. The van der Waals surface area contributed by atoms with Gasteiger partial charge in [0.1, 0.15) is 0 Å². The molecule has 1 amide bonds. The van der Waals surface area contributed by atoms with Crippen LogP contribution in [0.25, 0.3) is 0 Å². The normalized spacial score (nSPS) is 32.9. The first-order valence-corrected chi connectivity index (χ1v) is 7.47. The third kappa shape index (κ3) is 3.47. The summed E-state index contributed by atoms with van der Waals surface area (Å²) in [6, 6.07) is 0. The molecule has 0 aliphatic carbocycles. The van der Waals surface area contributed by atoms with Crippen LogP contribution >= 0.6 is 0 Å². The zero-order chi connectivity index (χ0) is 13.2. The summed E-state index contributed by atoms with van der Waals surface area (Å²) < 4.78 is 0. The molecule has 0 radical (unpaired) electrons. The largest absolute Gasteiger partial charge is 0.342 e. The first-order valence-electron chi connectivity index (χ1n) is 7.47. The van der Waals surface area contributed by atoms with Crippen molar-refractivity contribution in [1.82, 2.24) is 10.2 Å². The van der Waals surface area contributed by atoms with Gasteiger partial charge < -0.3 is 10.2 Å². The van der Waals surface area contributed by atoms with Crippen LogP contribution in [0.4, 0.5) is 0 Å². The van der Waals surface area contributed by atoms with Crippen LogP contribution in [0.15, 0.2) is 0 Å². The standard InChI is InChI=1S/C15H28N2O/c1-12-9-13(11-16-10-12)14(18)17-7-4-5-15(2,3)6-8-17/h12-13,16H,4-11H2,1-3H3. The molecule has 0 aromatic heterocycles. The lowest BCUT2D eigenvalue weighted by molar-refractivity contribution is -0.136. The van der Waals surface area contributed by atoms with Gasteiger partial charge in [-0.2, -0.15) is 0 Å². The molecule has 3 nitrogen and oxygen atoms in total. The molecule has 0 bridgehead atoms. The van der Waals surface area contributed by atoms with Gasteiger partial charge in [0, 0.05) is 19.6 Å². The number of rotatable bonds is 1. The Bertz CT molecular complexity index is 301. The van der Waals surface area contributed by atoms with Crippen LogP contribution in [-0.4, -0.2) is 37.0 Å². The number of hydrogen-bond acceptors (Lipinski definition) is 2. The van der Waals surface area contributed by atoms with Gasteiger partial charge in [-0.1, -0.05) is 20.8 Å². The van der Waals surface area contributed by atoms with Crippen molar-refractivity contribution >= 4 is 5.91 Å². The minimum atomic E-state index is 0.218. The Morgan fingerprint density at radius 1 is 1.22 bits per heavy atom. The number of nitrogens with one attached hydrogen (secondary N) is 1. The summed E-state index contributed by atoms with van der Waals surface area (Å²) in [7, 11) is 0. The van der Waals surface area contributed by atoms with Crippen molar-refractivity contribution in [3.8, 4) is 0 Å². The lowest BCUT2D eigenvalue weighted by atomic mass is 9.85. The van der Waals surface area contributed by atoms with E-state index in [0.29, 0.717) is 17.2 Å². The monoisotopic (exact) mass is 252 g/mol. The maximum atomic E-state index is 12.5. The van der Waals surface area contributed by atoms with E-state index in [0.717, 1.165) is 45.4 Å². The third-order valence-electron chi connectivity index (χ3n) is 4.57. The predicted molar refractivity (Wildman–Crippen MR) is 74.4 cm³/mol. The van der Waals surface area contributed by atoms with E-state index in [1.807, 2.05) is 0 Å². The molecule has 0 aromatic rings. The molecule has 0 saturated carbocycles. The Kier molecular flexibility index (Phi) is 4.31. The van der Waals surface area contributed by atoms with Crippen molar-refractivity contribution in [3.05, 3.63) is 0 Å². The van der Waals surface area contributed by atoms with Crippen LogP contribution < -0.4 is 5.32 Å². The molecule has 2 rings (SSSR count). The highest BCUT2D eigenvalue weighted by atomic mass is 16.2. The van der Waals surface area contributed by atoms with Gasteiger partial charge in [0.15, 0.2) is 0 Å². The number of amides is 1. The van der Waals surface area contributed by atoms with Crippen molar-refractivity contribution in [1.29, 1.82) is 0 Å². The van der Waals surface area contributed by atoms with Crippen LogP contribution in [0.1, 0.15) is 46.5 Å². The minimum Gasteiger partial charge on any atom is -0.342 e. The summed E-state index contributed by atoms with van der Waals surface area (Å²) in [5.41, 5.74) is 0.410. The van der Waals surface area contributed by atoms with Crippen molar-refractivity contribution in [2.75, 3.05) is 26.2 Å². The number of likely N-dealkylation sites (tertiary alicyclic amines) is 1. The molecule has 0 aromatic carbocycles. The Balaban J connectivity index is 1.92. The van der Waals surface area contributed by atoms with Gasteiger partial charge in [0.25, 0.3) is 0 Å². The quantitative estimate of drug-likeness (QED) is 0.776. The Hall–Kier alpha value is -0.570. The molecule has 2 saturated heterocycles. The first kappa shape index (κ1) is 13.9. The van der Waals surface area contributed by atoms with Crippen LogP contribution in [-0.2, 0) is 4.79 Å². The van der Waals surface area contributed by atoms with Crippen molar-refractivity contribution in [2.45, 2.75) is 46.5 Å². The van der Waals surface area contributed by atoms with E-state index >= 15 is 0 Å². The summed E-state index contributed by atoms with van der Waals surface area (Å²) >= 11 is 0. The molecule has 2 aliphatic heterocycles. The number of nitrogens with zero attached hydrogens (tertiary/aromatic N) is 1. The summed E-state index contributed by atoms with van der Waals surface area (Å²) in [6.45, 7) is 10.7. The van der Waals surface area contributed by atoms with Crippen molar-refractivity contribution in [3.63, 3.8) is 0 Å². The molecule has 3 heteroatoms. The van der Waals surface area contributed by atoms with Crippen LogP contribution in [0, 0.1) is 17.3 Å². The van der Waals surface area contributed by atoms with E-state index in [1.165, 1.54) is 6.42 Å². The molecule has 1 N–H and O–H groups in total. The number of piperidine rings is 1. The summed E-state index contributed by atoms with van der Waals surface area (Å²) in [4.78, 5) is 14.7. The van der Waals surface area contributed by atoms with E-state index < -0.39 is 0 Å². The van der Waals surface area contributed by atoms with E-state index in [-0.39, 0.29) is 5.92 Å². The highest BCUT2D eigenvalue weighted by Crippen LogP contribution is 2.30. The Morgan fingerprint density at radius 2 is 2.00 bits per heavy atom. The van der Waals surface area contributed by atoms with E-state index in [1.54, 1.807) is 0 Å². The van der Waals surface area contributed by atoms with Crippen molar-refractivity contribution < 1.29 is 4.79 Å². The van der Waals surface area contributed by atoms with E-state index in [4.69, 9.17) is 0 Å². The van der Waals surface area contributed by atoms with Gasteiger partial charge in [-0.05, 0) is 43.6 Å². The summed E-state index contributed by atoms with van der Waals surface area (Å²) in [5.74, 6) is 1.25. The maximum absolute atomic E-state index is 12.5. The Labute approximate surface area is 111 Å². The average Bonchev–Trinajstić information content (AvgIpc) is 2.49. The highest BCUT2D eigenvalue weighted by molar-refractivity contribution is 5.79. The maximum Gasteiger partial charge on any atom is 0.226 e. The van der Waals surface area contributed by atoms with Gasteiger partial charge in [0.05, 0.1) is 5.92 Å². The van der Waals surface area contributed by atoms with Gasteiger partial charge in [-0.15, -0.1) is 0 Å². The molecule has 104 valence electrons. The molecule has 2 fully saturated rings. The molecule has 0 spiro atoms. The zero-order valence-corrected chi connectivity index (χ0v) is 12.2. The van der Waals surface area contributed by atoms with Crippen molar-refractivity contribution in [2.24, 2.45) is 17.3 Å². The summed E-state index contributed by atoms with van der Waals surface area (Å²) in [6.07, 6.45) is 4.62. The van der Waals surface area contributed by atoms with E-state index in [9.17, 15) is 4.79 Å². The zero-order valence-electron chi connectivity index (χ0n) is 12.2. The fraction of sp³-hybridized carbons (Fsp3) is 0.933. The SMILES string of the molecule is CC1CNCC(C(=O)N2CCCC(C)(C)CC2)C1. The van der Waals surface area contributed by atoms with Crippen LogP contribution in [0.2, 0.25) is 0 Å². The van der Waals surface area contributed by atoms with Crippen LogP contribution in [0.3, 0.4) is 0 Å². The number of carbonyl (C=O) groups excluding carboxylic acids is 1. The van der Waals surface area contributed by atoms with Gasteiger partial charge in [-0.25, -0.2) is 0 Å². The molecular weight excluding hydrogens is 224 g/mol. The lowest BCUT2D eigenvalue weighted by Crippen LogP contribution is -2.45. The minimum absolute atomic E-state index is 0.218. The number of carbonyl (C=O) groups is 1. The third-order valence-corrected chi connectivity index (χ3v) is 4.57. The van der Waals surface area contributed by atoms with Gasteiger partial charge in [0.2, 0.25) is 5.91 Å². The molecule has 2 atom stereocenters.